The molecular weight excluding hydrogens is 243 g/mol. The first-order valence-electron chi connectivity index (χ1n) is 6.42. The lowest BCUT2D eigenvalue weighted by molar-refractivity contribution is 0.373. The van der Waals surface area contributed by atoms with E-state index in [1.54, 1.807) is 13.2 Å². The van der Waals surface area contributed by atoms with E-state index in [0.29, 0.717) is 5.75 Å². The summed E-state index contributed by atoms with van der Waals surface area (Å²) in [4.78, 5) is 0. The number of aryl methyl sites for hydroxylation is 1. The molecule has 0 fully saturated rings. The lowest BCUT2D eigenvalue weighted by atomic mass is 10.1. The number of benzene rings is 1. The summed E-state index contributed by atoms with van der Waals surface area (Å²) in [7, 11) is 3.43. The van der Waals surface area contributed by atoms with Crippen LogP contribution in [0, 0.1) is 0 Å². The van der Waals surface area contributed by atoms with Crippen LogP contribution in [0.5, 0.6) is 11.5 Å². The largest absolute Gasteiger partial charge is 0.504 e. The molecule has 102 valence electrons. The molecule has 0 aliphatic rings. The molecule has 0 bridgehead atoms. The van der Waals surface area contributed by atoms with Crippen molar-refractivity contribution in [1.82, 2.24) is 0 Å². The molecule has 0 aromatic heterocycles. The maximum atomic E-state index is 9.54. The Labute approximate surface area is 113 Å². The van der Waals surface area contributed by atoms with Gasteiger partial charge in [-0.05, 0) is 54.0 Å². The smallest absolute Gasteiger partial charge is 0.160 e. The van der Waals surface area contributed by atoms with E-state index in [1.165, 1.54) is 17.7 Å². The molecule has 1 unspecified atom stereocenters. The Morgan fingerprint density at radius 3 is 2.61 bits per heavy atom. The van der Waals surface area contributed by atoms with E-state index < -0.39 is 10.0 Å². The Bertz CT molecular complexity index is 391. The Kier molecular flexibility index (Phi) is 5.45. The van der Waals surface area contributed by atoms with Crippen molar-refractivity contribution in [2.24, 2.45) is 0 Å². The lowest BCUT2D eigenvalue weighted by Gasteiger charge is -2.36. The van der Waals surface area contributed by atoms with Crippen LogP contribution >= 0.6 is 10.0 Å². The number of hydrogen-bond donors (Lipinski definition) is 1. The van der Waals surface area contributed by atoms with Gasteiger partial charge >= 0.3 is 0 Å². The predicted molar refractivity (Wildman–Crippen MR) is 85.3 cm³/mol. The SMILES string of the molecule is BC(C)S(C)(C)CCCc1ccc(O)c(OC)c1. The third-order valence-electron chi connectivity index (χ3n) is 3.66. The highest BCUT2D eigenvalue weighted by atomic mass is 32.3. The molecular formula is C14H25BO2S. The Morgan fingerprint density at radius 2 is 2.06 bits per heavy atom. The molecule has 0 saturated carbocycles. The zero-order valence-corrected chi connectivity index (χ0v) is 13.0. The predicted octanol–water partition coefficient (Wildman–Crippen LogP) is 2.38. The summed E-state index contributed by atoms with van der Waals surface area (Å²) in [5.74, 6) is 2.09. The molecule has 2 nitrogen and oxygen atoms in total. The summed E-state index contributed by atoms with van der Waals surface area (Å²) in [5.41, 5.74) is 1.24. The van der Waals surface area contributed by atoms with Crippen molar-refractivity contribution in [2.75, 3.05) is 25.4 Å². The molecule has 0 aliphatic heterocycles. The van der Waals surface area contributed by atoms with Gasteiger partial charge in [-0.25, -0.2) is 0 Å². The molecule has 1 aromatic rings. The van der Waals surface area contributed by atoms with Crippen LogP contribution in [0.2, 0.25) is 0 Å². The second-order valence-electron chi connectivity index (χ2n) is 5.49. The summed E-state index contributed by atoms with van der Waals surface area (Å²) in [6.07, 6.45) is 7.08. The summed E-state index contributed by atoms with van der Waals surface area (Å²) >= 11 is 0. The summed E-state index contributed by atoms with van der Waals surface area (Å²) in [6.45, 7) is 2.32. The zero-order valence-electron chi connectivity index (χ0n) is 12.2. The van der Waals surface area contributed by atoms with Crippen molar-refractivity contribution in [3.8, 4) is 11.5 Å². The Morgan fingerprint density at radius 1 is 1.39 bits per heavy atom. The van der Waals surface area contributed by atoms with Crippen LogP contribution in [0.1, 0.15) is 18.9 Å². The molecule has 0 spiro atoms. The van der Waals surface area contributed by atoms with E-state index in [9.17, 15) is 5.11 Å². The minimum atomic E-state index is -0.473. The Balaban J connectivity index is 2.54. The molecule has 18 heavy (non-hydrogen) atoms. The van der Waals surface area contributed by atoms with Gasteiger partial charge in [0.05, 0.1) is 7.11 Å². The van der Waals surface area contributed by atoms with Gasteiger partial charge in [0.2, 0.25) is 0 Å². The number of methoxy groups -OCH3 is 1. The number of rotatable bonds is 6. The van der Waals surface area contributed by atoms with Crippen molar-refractivity contribution in [2.45, 2.75) is 24.9 Å². The van der Waals surface area contributed by atoms with Crippen molar-refractivity contribution in [3.05, 3.63) is 23.8 Å². The zero-order chi connectivity index (χ0) is 13.8. The molecule has 4 heteroatoms. The van der Waals surface area contributed by atoms with Crippen LogP contribution < -0.4 is 4.74 Å². The standard InChI is InChI=1S/C14H25BO2S/c1-11(15)18(3,4)9-5-6-12-7-8-13(16)14(10-12)17-2/h7-8,10-11,16H,5-6,9,15H2,1-4H3. The van der Waals surface area contributed by atoms with E-state index >= 15 is 0 Å². The first-order valence-corrected chi connectivity index (χ1v) is 9.10. The third kappa shape index (κ3) is 4.16. The molecule has 0 saturated heterocycles. The number of ether oxygens (including phenoxy) is 1. The fourth-order valence-electron chi connectivity index (χ4n) is 1.76. The van der Waals surface area contributed by atoms with Crippen LogP contribution in [-0.2, 0) is 6.42 Å². The van der Waals surface area contributed by atoms with Gasteiger partial charge in [-0.15, -0.1) is 0 Å². The highest BCUT2D eigenvalue weighted by Crippen LogP contribution is 2.44. The third-order valence-corrected chi connectivity index (χ3v) is 7.55. The van der Waals surface area contributed by atoms with Crippen LogP contribution in [0.3, 0.4) is 0 Å². The lowest BCUT2D eigenvalue weighted by Crippen LogP contribution is -2.16. The fraction of sp³-hybridized carbons (Fsp3) is 0.571. The topological polar surface area (TPSA) is 29.5 Å². The molecule has 1 N–H and O–H groups in total. The second kappa shape index (κ2) is 6.42. The highest BCUT2D eigenvalue weighted by Gasteiger charge is 2.15. The van der Waals surface area contributed by atoms with E-state index in [2.05, 4.69) is 27.3 Å². The molecule has 1 aromatic carbocycles. The van der Waals surface area contributed by atoms with Gasteiger partial charge in [0.1, 0.15) is 7.85 Å². The van der Waals surface area contributed by atoms with Crippen molar-refractivity contribution < 1.29 is 9.84 Å². The number of hydrogen-bond acceptors (Lipinski definition) is 2. The monoisotopic (exact) mass is 268 g/mol. The van der Waals surface area contributed by atoms with Gasteiger partial charge in [-0.2, -0.15) is 0 Å². The molecule has 0 radical (unpaired) electrons. The minimum absolute atomic E-state index is 0.217. The summed E-state index contributed by atoms with van der Waals surface area (Å²) < 4.78 is 5.13. The molecule has 1 atom stereocenters. The molecule has 0 aliphatic carbocycles. The van der Waals surface area contributed by atoms with E-state index in [1.807, 2.05) is 12.1 Å². The maximum Gasteiger partial charge on any atom is 0.160 e. The first kappa shape index (κ1) is 15.3. The van der Waals surface area contributed by atoms with Gasteiger partial charge in [0.25, 0.3) is 0 Å². The van der Waals surface area contributed by atoms with Gasteiger partial charge in [0.15, 0.2) is 11.5 Å². The average molecular weight is 268 g/mol. The van der Waals surface area contributed by atoms with Gasteiger partial charge in [0, 0.05) is 0 Å². The normalized spacial score (nSPS) is 14.2. The van der Waals surface area contributed by atoms with Crippen LogP contribution in [-0.4, -0.2) is 43.5 Å². The number of phenols is 1. The van der Waals surface area contributed by atoms with E-state index in [4.69, 9.17) is 4.74 Å². The fourth-order valence-corrected chi connectivity index (χ4v) is 3.12. The van der Waals surface area contributed by atoms with Crippen molar-refractivity contribution >= 4 is 17.9 Å². The van der Waals surface area contributed by atoms with Crippen LogP contribution in [0.15, 0.2) is 18.2 Å². The van der Waals surface area contributed by atoms with Crippen molar-refractivity contribution in [1.29, 1.82) is 0 Å². The number of phenolic OH excluding ortho intramolecular Hbond substituents is 1. The number of aromatic hydroxyl groups is 1. The second-order valence-corrected chi connectivity index (χ2v) is 10.1. The van der Waals surface area contributed by atoms with Crippen molar-refractivity contribution in [3.63, 3.8) is 0 Å². The van der Waals surface area contributed by atoms with Gasteiger partial charge in [-0.3, -0.25) is 10.0 Å². The molecule has 0 amide bonds. The average Bonchev–Trinajstić information content (AvgIpc) is 2.31. The van der Waals surface area contributed by atoms with E-state index in [-0.39, 0.29) is 5.75 Å². The van der Waals surface area contributed by atoms with Crippen LogP contribution in [0.25, 0.3) is 0 Å². The summed E-state index contributed by atoms with van der Waals surface area (Å²) in [6, 6.07) is 5.64. The first-order chi connectivity index (χ1) is 8.36. The van der Waals surface area contributed by atoms with Gasteiger partial charge in [-0.1, -0.05) is 13.0 Å². The molecule has 0 heterocycles. The minimum Gasteiger partial charge on any atom is -0.504 e. The van der Waals surface area contributed by atoms with E-state index in [0.717, 1.165) is 11.6 Å². The quantitative estimate of drug-likeness (QED) is 0.803. The maximum absolute atomic E-state index is 9.54. The van der Waals surface area contributed by atoms with Gasteiger partial charge < -0.3 is 9.84 Å². The molecule has 1 rings (SSSR count). The Hall–Kier alpha value is -0.765. The van der Waals surface area contributed by atoms with Crippen LogP contribution in [0.4, 0.5) is 0 Å². The highest BCUT2D eigenvalue weighted by molar-refractivity contribution is 8.33. The summed E-state index contributed by atoms with van der Waals surface area (Å²) in [5, 5.41) is 10.3.